The lowest BCUT2D eigenvalue weighted by molar-refractivity contribution is -0.137. The first-order valence-electron chi connectivity index (χ1n) is 7.95. The molecule has 0 saturated heterocycles. The maximum absolute atomic E-state index is 12.8. The number of fused-ring (bicyclic) bond motifs is 1. The second-order valence-corrected chi connectivity index (χ2v) is 6.68. The maximum atomic E-state index is 12.8. The van der Waals surface area contributed by atoms with Gasteiger partial charge in [0, 0.05) is 10.9 Å². The molecule has 1 heterocycles. The van der Waals surface area contributed by atoms with Crippen molar-refractivity contribution >= 4 is 34.5 Å². The highest BCUT2D eigenvalue weighted by molar-refractivity contribution is 6.31. The second kappa shape index (κ2) is 6.02. The molecule has 1 fully saturated rings. The number of anilines is 1. The minimum Gasteiger partial charge on any atom is -0.324 e. The smallest absolute Gasteiger partial charge is 0.324 e. The molecule has 8 heteroatoms. The van der Waals surface area contributed by atoms with Crippen molar-refractivity contribution in [3.05, 3.63) is 58.6 Å². The number of halogens is 4. The third kappa shape index (κ3) is 3.14. The van der Waals surface area contributed by atoms with Gasteiger partial charge >= 0.3 is 6.18 Å². The molecule has 2 N–H and O–H groups in total. The van der Waals surface area contributed by atoms with E-state index in [4.69, 9.17) is 11.6 Å². The molecule has 26 heavy (non-hydrogen) atoms. The minimum atomic E-state index is -4.43. The van der Waals surface area contributed by atoms with Gasteiger partial charge in [-0.15, -0.1) is 0 Å². The number of aromatic amines is 1. The zero-order valence-corrected chi connectivity index (χ0v) is 14.0. The molecule has 1 saturated carbocycles. The van der Waals surface area contributed by atoms with Crippen molar-refractivity contribution in [3.8, 4) is 0 Å². The van der Waals surface area contributed by atoms with Gasteiger partial charge in [0.2, 0.25) is 11.9 Å². The third-order valence-corrected chi connectivity index (χ3v) is 4.83. The molecule has 1 aliphatic rings. The van der Waals surface area contributed by atoms with E-state index in [9.17, 15) is 18.0 Å². The quantitative estimate of drug-likeness (QED) is 0.674. The average Bonchev–Trinajstić information content (AvgIpc) is 3.27. The highest BCUT2D eigenvalue weighted by Gasteiger charge is 2.45. The molecule has 2 aromatic carbocycles. The zero-order chi connectivity index (χ0) is 18.5. The third-order valence-electron chi connectivity index (χ3n) is 4.48. The number of hydrogen-bond donors (Lipinski definition) is 2. The molecular formula is C18H13ClF3N3O. The molecule has 2 unspecified atom stereocenters. The summed E-state index contributed by atoms with van der Waals surface area (Å²) in [6.45, 7) is 0. The number of H-pyrrole nitrogens is 1. The van der Waals surface area contributed by atoms with E-state index in [1.807, 2.05) is 18.2 Å². The Morgan fingerprint density at radius 2 is 2.00 bits per heavy atom. The number of carbonyl (C=O) groups is 1. The van der Waals surface area contributed by atoms with E-state index < -0.39 is 11.7 Å². The van der Waals surface area contributed by atoms with E-state index in [0.29, 0.717) is 17.0 Å². The van der Waals surface area contributed by atoms with Gasteiger partial charge in [-0.1, -0.05) is 29.8 Å². The Hall–Kier alpha value is -2.54. The first-order chi connectivity index (χ1) is 12.3. The fraction of sp³-hybridized carbons (Fsp3) is 0.222. The molecule has 134 valence electrons. The molecule has 4 rings (SSSR count). The lowest BCUT2D eigenvalue weighted by Gasteiger charge is -2.05. The number of benzene rings is 2. The van der Waals surface area contributed by atoms with Crippen LogP contribution in [0.25, 0.3) is 11.0 Å². The van der Waals surface area contributed by atoms with Gasteiger partial charge in [0.15, 0.2) is 0 Å². The first-order valence-corrected chi connectivity index (χ1v) is 8.33. The Bertz CT molecular complexity index is 999. The Morgan fingerprint density at radius 3 is 2.73 bits per heavy atom. The summed E-state index contributed by atoms with van der Waals surface area (Å²) in [5, 5.41) is 3.26. The lowest BCUT2D eigenvalue weighted by Crippen LogP contribution is -2.15. The van der Waals surface area contributed by atoms with Gasteiger partial charge in [-0.05, 0) is 42.2 Å². The van der Waals surface area contributed by atoms with E-state index in [2.05, 4.69) is 15.3 Å². The Morgan fingerprint density at radius 1 is 1.23 bits per heavy atom. The molecule has 0 bridgehead atoms. The summed E-state index contributed by atoms with van der Waals surface area (Å²) in [6, 6.07) is 10.6. The fourth-order valence-corrected chi connectivity index (χ4v) is 3.33. The van der Waals surface area contributed by atoms with Gasteiger partial charge in [0.05, 0.1) is 16.6 Å². The molecule has 0 spiro atoms. The summed E-state index contributed by atoms with van der Waals surface area (Å²) in [4.78, 5) is 19.2. The molecule has 1 aliphatic carbocycles. The number of nitrogens with zero attached hydrogens (tertiary/aromatic N) is 1. The van der Waals surface area contributed by atoms with Gasteiger partial charge < -0.3 is 4.98 Å². The van der Waals surface area contributed by atoms with Gasteiger partial charge in [-0.3, -0.25) is 10.1 Å². The summed E-state index contributed by atoms with van der Waals surface area (Å²) in [5.74, 6) is -0.280. The molecule has 1 aromatic heterocycles. The summed E-state index contributed by atoms with van der Waals surface area (Å²) < 4.78 is 38.3. The van der Waals surface area contributed by atoms with Crippen molar-refractivity contribution in [1.82, 2.24) is 9.97 Å². The lowest BCUT2D eigenvalue weighted by atomic mass is 10.1. The molecule has 1 amide bonds. The molecule has 2 atom stereocenters. The molecule has 0 radical (unpaired) electrons. The van der Waals surface area contributed by atoms with Crippen LogP contribution in [0, 0.1) is 5.92 Å². The zero-order valence-electron chi connectivity index (χ0n) is 13.3. The van der Waals surface area contributed by atoms with Crippen molar-refractivity contribution in [1.29, 1.82) is 0 Å². The van der Waals surface area contributed by atoms with E-state index in [1.54, 1.807) is 6.07 Å². The summed E-state index contributed by atoms with van der Waals surface area (Å²) >= 11 is 6.15. The Kier molecular flexibility index (Phi) is 3.91. The summed E-state index contributed by atoms with van der Waals surface area (Å²) in [6.07, 6.45) is -3.76. The fourth-order valence-electron chi connectivity index (χ4n) is 3.06. The predicted molar refractivity (Wildman–Crippen MR) is 92.0 cm³/mol. The number of carbonyl (C=O) groups excluding carboxylic acids is 1. The van der Waals surface area contributed by atoms with Crippen molar-refractivity contribution < 1.29 is 18.0 Å². The average molecular weight is 380 g/mol. The Labute approximate surface area is 151 Å². The molecule has 3 aromatic rings. The largest absolute Gasteiger partial charge is 0.416 e. The SMILES string of the molecule is O=C(Nc1nc2ccc(C(F)(F)F)cc2[nH]1)C1CC1c1ccccc1Cl. The normalized spacial score (nSPS) is 19.5. The van der Waals surface area contributed by atoms with Gasteiger partial charge in [-0.2, -0.15) is 13.2 Å². The topological polar surface area (TPSA) is 57.8 Å². The van der Waals surface area contributed by atoms with Crippen molar-refractivity contribution in [2.75, 3.05) is 5.32 Å². The van der Waals surface area contributed by atoms with Crippen LogP contribution < -0.4 is 5.32 Å². The van der Waals surface area contributed by atoms with Gasteiger partial charge in [0.1, 0.15) is 0 Å². The number of aromatic nitrogens is 2. The van der Waals surface area contributed by atoms with Crippen LogP contribution >= 0.6 is 11.6 Å². The standard InChI is InChI=1S/C18H13ClF3N3O/c19-13-4-2-1-3-10(13)11-8-12(11)16(26)25-17-23-14-6-5-9(18(20,21)22)7-15(14)24-17/h1-7,11-12H,8H2,(H2,23,24,25,26). The number of imidazole rings is 1. The number of hydrogen-bond acceptors (Lipinski definition) is 2. The molecular weight excluding hydrogens is 367 g/mol. The monoisotopic (exact) mass is 379 g/mol. The molecule has 4 nitrogen and oxygen atoms in total. The van der Waals surface area contributed by atoms with Crippen LogP contribution in [0.4, 0.5) is 19.1 Å². The van der Waals surface area contributed by atoms with Crippen LogP contribution in [0.15, 0.2) is 42.5 Å². The highest BCUT2D eigenvalue weighted by atomic mass is 35.5. The van der Waals surface area contributed by atoms with Crippen molar-refractivity contribution in [2.45, 2.75) is 18.5 Å². The second-order valence-electron chi connectivity index (χ2n) is 6.27. The van der Waals surface area contributed by atoms with Gasteiger partial charge in [-0.25, -0.2) is 4.98 Å². The minimum absolute atomic E-state index is 0.0462. The van der Waals surface area contributed by atoms with E-state index in [0.717, 1.165) is 17.7 Å². The van der Waals surface area contributed by atoms with Crippen molar-refractivity contribution in [2.24, 2.45) is 5.92 Å². The van der Waals surface area contributed by atoms with Crippen LogP contribution in [0.1, 0.15) is 23.5 Å². The first kappa shape index (κ1) is 16.9. The predicted octanol–water partition coefficient (Wildman–Crippen LogP) is 4.98. The van der Waals surface area contributed by atoms with Crippen molar-refractivity contribution in [3.63, 3.8) is 0 Å². The van der Waals surface area contributed by atoms with E-state index >= 15 is 0 Å². The van der Waals surface area contributed by atoms with Gasteiger partial charge in [0.25, 0.3) is 0 Å². The van der Waals surface area contributed by atoms with Crippen LogP contribution in [-0.2, 0) is 11.0 Å². The number of nitrogens with one attached hydrogen (secondary N) is 2. The molecule has 0 aliphatic heterocycles. The van der Waals surface area contributed by atoms with E-state index in [1.165, 1.54) is 6.07 Å². The summed E-state index contributed by atoms with van der Waals surface area (Å²) in [5.41, 5.74) is 0.724. The number of alkyl halides is 3. The number of rotatable bonds is 3. The highest BCUT2D eigenvalue weighted by Crippen LogP contribution is 2.49. The van der Waals surface area contributed by atoms with Crippen LogP contribution in [0.2, 0.25) is 5.02 Å². The van der Waals surface area contributed by atoms with Crippen LogP contribution in [-0.4, -0.2) is 15.9 Å². The maximum Gasteiger partial charge on any atom is 0.416 e. The number of amides is 1. The summed E-state index contributed by atoms with van der Waals surface area (Å²) in [7, 11) is 0. The van der Waals surface area contributed by atoms with Crippen LogP contribution in [0.3, 0.4) is 0 Å². The Balaban J connectivity index is 1.49. The van der Waals surface area contributed by atoms with Crippen LogP contribution in [0.5, 0.6) is 0 Å². The van der Waals surface area contributed by atoms with E-state index in [-0.39, 0.29) is 29.2 Å².